The Morgan fingerprint density at radius 1 is 1.09 bits per heavy atom. The van der Waals surface area contributed by atoms with Crippen LogP contribution in [0.25, 0.3) is 0 Å². The number of amides is 2. The number of benzene rings is 1. The van der Waals surface area contributed by atoms with E-state index in [0.717, 1.165) is 12.8 Å². The van der Waals surface area contributed by atoms with Crippen LogP contribution in [-0.2, 0) is 27.7 Å². The number of thiophene rings is 1. The molecule has 1 aromatic carbocycles. The average Bonchev–Trinajstić information content (AvgIpc) is 3.24. The van der Waals surface area contributed by atoms with Crippen molar-refractivity contribution in [1.82, 2.24) is 9.62 Å². The van der Waals surface area contributed by atoms with Crippen molar-refractivity contribution in [1.29, 1.82) is 0 Å². The second-order valence-electron chi connectivity index (χ2n) is 8.14. The lowest BCUT2D eigenvalue weighted by Crippen LogP contribution is -2.46. The van der Waals surface area contributed by atoms with Crippen LogP contribution in [0.3, 0.4) is 0 Å². The van der Waals surface area contributed by atoms with Gasteiger partial charge in [-0.3, -0.25) is 9.59 Å². The first kappa shape index (κ1) is 22.7. The molecule has 0 bridgehead atoms. The van der Waals surface area contributed by atoms with E-state index in [1.165, 1.54) is 45.8 Å². The Balaban J connectivity index is 1.37. The van der Waals surface area contributed by atoms with Gasteiger partial charge in [0, 0.05) is 29.7 Å². The van der Waals surface area contributed by atoms with Crippen molar-refractivity contribution in [2.75, 3.05) is 18.4 Å². The summed E-state index contributed by atoms with van der Waals surface area (Å²) in [4.78, 5) is 26.3. The molecule has 32 heavy (non-hydrogen) atoms. The molecule has 1 fully saturated rings. The molecule has 2 heterocycles. The highest BCUT2D eigenvalue weighted by atomic mass is 32.2. The minimum Gasteiger partial charge on any atom is -0.350 e. The van der Waals surface area contributed by atoms with Gasteiger partial charge in [-0.1, -0.05) is 6.58 Å². The number of anilines is 1. The number of rotatable bonds is 6. The first-order chi connectivity index (χ1) is 15.4. The molecule has 170 valence electrons. The van der Waals surface area contributed by atoms with Crippen molar-refractivity contribution >= 4 is 38.9 Å². The highest BCUT2D eigenvalue weighted by molar-refractivity contribution is 7.89. The number of sulfonamides is 1. The van der Waals surface area contributed by atoms with Gasteiger partial charge >= 0.3 is 0 Å². The molecule has 2 amide bonds. The summed E-state index contributed by atoms with van der Waals surface area (Å²) in [6, 6.07) is 8.22. The van der Waals surface area contributed by atoms with Gasteiger partial charge in [-0.25, -0.2) is 8.42 Å². The van der Waals surface area contributed by atoms with Gasteiger partial charge in [0.25, 0.3) is 5.91 Å². The zero-order valence-corrected chi connectivity index (χ0v) is 19.4. The summed E-state index contributed by atoms with van der Waals surface area (Å²) in [6.45, 7) is 4.11. The number of aryl methyl sites for hydroxylation is 2. The maximum absolute atomic E-state index is 13.0. The zero-order valence-electron chi connectivity index (χ0n) is 17.8. The Kier molecular flexibility index (Phi) is 6.78. The van der Waals surface area contributed by atoms with E-state index in [1.54, 1.807) is 23.5 Å². The summed E-state index contributed by atoms with van der Waals surface area (Å²) in [5.74, 6) is -0.407. The highest BCUT2D eigenvalue weighted by Crippen LogP contribution is 2.30. The van der Waals surface area contributed by atoms with Gasteiger partial charge in [-0.05, 0) is 80.5 Å². The van der Waals surface area contributed by atoms with Crippen LogP contribution in [0.2, 0.25) is 0 Å². The van der Waals surface area contributed by atoms with E-state index < -0.39 is 10.0 Å². The Bertz CT molecular complexity index is 1090. The predicted molar refractivity (Wildman–Crippen MR) is 125 cm³/mol. The van der Waals surface area contributed by atoms with Crippen molar-refractivity contribution < 1.29 is 18.0 Å². The Morgan fingerprint density at radius 3 is 2.44 bits per heavy atom. The molecule has 7 nitrogen and oxygen atoms in total. The van der Waals surface area contributed by atoms with Gasteiger partial charge in [-0.2, -0.15) is 4.31 Å². The second-order valence-corrected chi connectivity index (χ2v) is 11.2. The monoisotopic (exact) mass is 473 g/mol. The summed E-state index contributed by atoms with van der Waals surface area (Å²) < 4.78 is 27.4. The van der Waals surface area contributed by atoms with Crippen molar-refractivity contribution in [3.63, 3.8) is 0 Å². The molecule has 0 spiro atoms. The summed E-state index contributed by atoms with van der Waals surface area (Å²) in [6.07, 6.45) is 6.74. The Morgan fingerprint density at radius 2 is 1.78 bits per heavy atom. The van der Waals surface area contributed by atoms with E-state index in [0.29, 0.717) is 36.5 Å². The number of hydrogen-bond acceptors (Lipinski definition) is 5. The molecule has 9 heteroatoms. The Labute approximate surface area is 192 Å². The number of nitrogens with zero attached hydrogens (tertiary/aromatic N) is 1. The summed E-state index contributed by atoms with van der Waals surface area (Å²) in [7, 11) is -3.63. The number of carbonyl (C=O) groups excluding carboxylic acids is 2. The summed E-state index contributed by atoms with van der Waals surface area (Å²) in [5, 5.41) is 5.69. The van der Waals surface area contributed by atoms with E-state index >= 15 is 0 Å². The maximum atomic E-state index is 13.0. The fourth-order valence-corrected chi connectivity index (χ4v) is 6.77. The Hall–Kier alpha value is -2.49. The summed E-state index contributed by atoms with van der Waals surface area (Å²) >= 11 is 1.55. The van der Waals surface area contributed by atoms with Gasteiger partial charge < -0.3 is 10.6 Å². The average molecular weight is 474 g/mol. The van der Waals surface area contributed by atoms with Crippen LogP contribution in [0.4, 0.5) is 5.69 Å². The molecule has 2 aliphatic rings. The van der Waals surface area contributed by atoms with Gasteiger partial charge in [0.1, 0.15) is 0 Å². The van der Waals surface area contributed by atoms with Crippen LogP contribution >= 0.6 is 11.3 Å². The van der Waals surface area contributed by atoms with Crippen molar-refractivity contribution in [2.45, 2.75) is 49.5 Å². The quantitative estimate of drug-likeness (QED) is 0.629. The largest absolute Gasteiger partial charge is 0.350 e. The van der Waals surface area contributed by atoms with Crippen molar-refractivity contribution in [2.24, 2.45) is 0 Å². The van der Waals surface area contributed by atoms with Crippen LogP contribution < -0.4 is 10.6 Å². The number of carbonyl (C=O) groups is 2. The van der Waals surface area contributed by atoms with E-state index in [9.17, 15) is 18.0 Å². The van der Waals surface area contributed by atoms with Crippen LogP contribution in [0.1, 0.15) is 45.8 Å². The van der Waals surface area contributed by atoms with Gasteiger partial charge in [-0.15, -0.1) is 11.3 Å². The van der Waals surface area contributed by atoms with Gasteiger partial charge in [0.2, 0.25) is 15.9 Å². The molecule has 2 N–H and O–H groups in total. The first-order valence-electron chi connectivity index (χ1n) is 10.8. The van der Waals surface area contributed by atoms with Crippen molar-refractivity contribution in [3.05, 3.63) is 58.3 Å². The molecule has 0 atom stereocenters. The van der Waals surface area contributed by atoms with Gasteiger partial charge in [0.05, 0.1) is 9.77 Å². The first-order valence-corrected chi connectivity index (χ1v) is 13.1. The zero-order chi connectivity index (χ0) is 22.7. The molecule has 0 unspecified atom stereocenters. The third kappa shape index (κ3) is 4.95. The topological polar surface area (TPSA) is 95.6 Å². The molecule has 1 aromatic heterocycles. The minimum absolute atomic E-state index is 0.0487. The predicted octanol–water partition coefficient (Wildman–Crippen LogP) is 3.33. The van der Waals surface area contributed by atoms with Crippen LogP contribution in [0, 0.1) is 0 Å². The molecule has 2 aromatic rings. The third-order valence-electron chi connectivity index (χ3n) is 5.96. The van der Waals surface area contributed by atoms with Crippen LogP contribution in [-0.4, -0.2) is 43.7 Å². The van der Waals surface area contributed by atoms with Crippen LogP contribution in [0.15, 0.2) is 47.9 Å². The van der Waals surface area contributed by atoms with Crippen LogP contribution in [0.5, 0.6) is 0 Å². The molecule has 0 saturated carbocycles. The number of fused-ring (bicyclic) bond motifs is 1. The standard InChI is InChI=1S/C23H27N3O4S2/c1-2-22(27)24-18-11-13-26(14-12-18)32(29,30)19-9-7-17(8-10-19)25-23(28)21-15-16-5-3-4-6-20(16)31-21/h2,7-10,15,18H,1,3-6,11-14H2,(H,24,27)(H,25,28). The molecular formula is C23H27N3O4S2. The van der Waals surface area contributed by atoms with E-state index in [1.807, 2.05) is 6.07 Å². The lowest BCUT2D eigenvalue weighted by atomic mass is 9.99. The second kappa shape index (κ2) is 9.56. The fourth-order valence-electron chi connectivity index (χ4n) is 4.16. The van der Waals surface area contributed by atoms with Gasteiger partial charge in [0.15, 0.2) is 0 Å². The molecule has 0 radical (unpaired) electrons. The number of piperidine rings is 1. The third-order valence-corrected chi connectivity index (χ3v) is 9.10. The molecule has 1 saturated heterocycles. The van der Waals surface area contributed by atoms with E-state index in [2.05, 4.69) is 17.2 Å². The summed E-state index contributed by atoms with van der Waals surface area (Å²) in [5.41, 5.74) is 1.84. The lowest BCUT2D eigenvalue weighted by molar-refractivity contribution is -0.117. The molecule has 1 aliphatic carbocycles. The number of nitrogens with one attached hydrogen (secondary N) is 2. The lowest BCUT2D eigenvalue weighted by Gasteiger charge is -2.31. The molecule has 4 rings (SSSR count). The maximum Gasteiger partial charge on any atom is 0.265 e. The van der Waals surface area contributed by atoms with E-state index in [4.69, 9.17) is 0 Å². The smallest absolute Gasteiger partial charge is 0.265 e. The minimum atomic E-state index is -3.63. The van der Waals surface area contributed by atoms with E-state index in [-0.39, 0.29) is 22.8 Å². The number of hydrogen-bond donors (Lipinski definition) is 2. The SMILES string of the molecule is C=CC(=O)NC1CCN(S(=O)(=O)c2ccc(NC(=O)c3cc4c(s3)CCCC4)cc2)CC1. The molecular weight excluding hydrogens is 446 g/mol. The molecule has 1 aliphatic heterocycles. The van der Waals surface area contributed by atoms with Crippen molar-refractivity contribution in [3.8, 4) is 0 Å². The highest BCUT2D eigenvalue weighted by Gasteiger charge is 2.29. The fraction of sp³-hybridized carbons (Fsp3) is 0.391. The normalized spacial score (nSPS) is 17.4.